The van der Waals surface area contributed by atoms with Gasteiger partial charge in [-0.25, -0.2) is 4.79 Å². The molecule has 0 radical (unpaired) electrons. The standard InChI is InChI=1S/C20H13NO4.C2H6/c21-11-5-7-15-17(9-11)25-18-10-12(22)6-8-16(18)19(15)13-3-1-2-4-14(13)20(23)24;1-2/h1-10H,21H2,(H,23,24);1-2H3. The second-order valence-electron chi connectivity index (χ2n) is 5.74. The Kier molecular flexibility index (Phi) is 4.94. The number of carboxylic acids is 1. The van der Waals surface area contributed by atoms with E-state index in [2.05, 4.69) is 0 Å². The van der Waals surface area contributed by atoms with Gasteiger partial charge in [0.2, 0.25) is 0 Å². The number of hydrogen-bond acceptors (Lipinski definition) is 4. The first-order chi connectivity index (χ1) is 13.0. The lowest BCUT2D eigenvalue weighted by Crippen LogP contribution is -2.03. The Balaban J connectivity index is 0.00000102. The minimum atomic E-state index is -1.02. The summed E-state index contributed by atoms with van der Waals surface area (Å²) in [6.45, 7) is 4.00. The molecule has 0 bridgehead atoms. The molecule has 27 heavy (non-hydrogen) atoms. The van der Waals surface area contributed by atoms with Gasteiger partial charge in [-0.1, -0.05) is 32.0 Å². The second kappa shape index (κ2) is 7.33. The third kappa shape index (κ3) is 3.27. The van der Waals surface area contributed by atoms with Crippen LogP contribution in [0.3, 0.4) is 0 Å². The molecule has 2 aromatic rings. The molecular weight excluding hydrogens is 342 g/mol. The minimum absolute atomic E-state index is 0.180. The first-order valence-electron chi connectivity index (χ1n) is 8.63. The summed E-state index contributed by atoms with van der Waals surface area (Å²) in [6.07, 6.45) is 0. The van der Waals surface area contributed by atoms with Gasteiger partial charge in [0.15, 0.2) is 5.43 Å². The number of benzene rings is 3. The molecule has 0 fully saturated rings. The maximum Gasteiger partial charge on any atom is 0.336 e. The maximum atomic E-state index is 11.7. The molecular formula is C22H19NO4. The van der Waals surface area contributed by atoms with Gasteiger partial charge in [-0.3, -0.25) is 4.79 Å². The van der Waals surface area contributed by atoms with Gasteiger partial charge < -0.3 is 15.3 Å². The van der Waals surface area contributed by atoms with Crippen molar-refractivity contribution in [1.29, 1.82) is 0 Å². The number of carbonyl (C=O) groups is 1. The van der Waals surface area contributed by atoms with E-state index in [4.69, 9.17) is 10.2 Å². The summed E-state index contributed by atoms with van der Waals surface area (Å²) < 4.78 is 5.84. The summed E-state index contributed by atoms with van der Waals surface area (Å²) >= 11 is 0. The number of anilines is 1. The van der Waals surface area contributed by atoms with Crippen LogP contribution in [-0.2, 0) is 0 Å². The number of carboxylic acid groups (broad SMARTS) is 1. The average molecular weight is 361 g/mol. The van der Waals surface area contributed by atoms with E-state index in [-0.39, 0.29) is 11.0 Å². The molecule has 136 valence electrons. The fraction of sp³-hybridized carbons (Fsp3) is 0.0909. The van der Waals surface area contributed by atoms with Crippen molar-refractivity contribution in [2.45, 2.75) is 13.8 Å². The Bertz CT molecular complexity index is 1160. The largest absolute Gasteiger partial charge is 0.478 e. The molecule has 5 nitrogen and oxygen atoms in total. The summed E-state index contributed by atoms with van der Waals surface area (Å²) in [7, 11) is 0. The number of nitrogen functional groups attached to an aromatic ring is 1. The smallest absolute Gasteiger partial charge is 0.336 e. The van der Waals surface area contributed by atoms with Gasteiger partial charge in [-0.2, -0.15) is 0 Å². The fourth-order valence-electron chi connectivity index (χ4n) is 3.06. The second-order valence-corrected chi connectivity index (χ2v) is 5.74. The Morgan fingerprint density at radius 1 is 0.963 bits per heavy atom. The first kappa shape index (κ1) is 18.2. The van der Waals surface area contributed by atoms with Crippen molar-refractivity contribution in [3.63, 3.8) is 0 Å². The van der Waals surface area contributed by atoms with E-state index < -0.39 is 5.97 Å². The fourth-order valence-corrected chi connectivity index (χ4v) is 3.06. The zero-order valence-electron chi connectivity index (χ0n) is 15.0. The van der Waals surface area contributed by atoms with E-state index in [9.17, 15) is 14.7 Å². The van der Waals surface area contributed by atoms with Crippen LogP contribution in [0.25, 0.3) is 33.4 Å². The molecule has 2 aromatic carbocycles. The number of aromatic carboxylic acids is 1. The van der Waals surface area contributed by atoms with Gasteiger partial charge in [0.05, 0.1) is 5.56 Å². The molecule has 0 amide bonds. The highest BCUT2D eigenvalue weighted by molar-refractivity contribution is 6.07. The zero-order valence-corrected chi connectivity index (χ0v) is 15.0. The molecule has 1 heterocycles. The van der Waals surface area contributed by atoms with Crippen LogP contribution >= 0.6 is 0 Å². The molecule has 2 aliphatic rings. The Morgan fingerprint density at radius 2 is 1.70 bits per heavy atom. The lowest BCUT2D eigenvalue weighted by molar-refractivity contribution is 0.0697. The van der Waals surface area contributed by atoms with Gasteiger partial charge in [-0.15, -0.1) is 0 Å². The zero-order chi connectivity index (χ0) is 19.6. The Hall–Kier alpha value is -3.60. The number of hydrogen-bond donors (Lipinski definition) is 2. The molecule has 4 rings (SSSR count). The molecule has 0 spiro atoms. The van der Waals surface area contributed by atoms with Crippen LogP contribution in [0.15, 0.2) is 69.9 Å². The van der Waals surface area contributed by atoms with Crippen LogP contribution in [0.2, 0.25) is 0 Å². The summed E-state index contributed by atoms with van der Waals surface area (Å²) in [5.41, 5.74) is 8.79. The molecule has 0 atom stereocenters. The normalized spacial score (nSPS) is 10.4. The van der Waals surface area contributed by atoms with E-state index in [1.807, 2.05) is 13.8 Å². The van der Waals surface area contributed by atoms with Gasteiger partial charge in [0, 0.05) is 34.3 Å². The van der Waals surface area contributed by atoms with Crippen LogP contribution in [-0.4, -0.2) is 11.1 Å². The Morgan fingerprint density at radius 3 is 2.44 bits per heavy atom. The Labute approximate surface area is 156 Å². The predicted octanol–water partition coefficient (Wildman–Crippen LogP) is 4.87. The summed E-state index contributed by atoms with van der Waals surface area (Å²) in [5, 5.41) is 10.3. The van der Waals surface area contributed by atoms with Crippen molar-refractivity contribution in [2.75, 3.05) is 5.73 Å². The van der Waals surface area contributed by atoms with Gasteiger partial charge in [0.1, 0.15) is 11.3 Å². The van der Waals surface area contributed by atoms with Crippen molar-refractivity contribution in [2.24, 2.45) is 0 Å². The van der Waals surface area contributed by atoms with Crippen molar-refractivity contribution < 1.29 is 14.3 Å². The molecule has 0 saturated heterocycles. The van der Waals surface area contributed by atoms with Crippen LogP contribution in [0.4, 0.5) is 5.69 Å². The molecule has 0 unspecified atom stereocenters. The van der Waals surface area contributed by atoms with Crippen molar-refractivity contribution in [3.8, 4) is 22.5 Å². The van der Waals surface area contributed by atoms with Crippen LogP contribution in [0, 0.1) is 0 Å². The minimum Gasteiger partial charge on any atom is -0.478 e. The van der Waals surface area contributed by atoms with Gasteiger partial charge in [0.25, 0.3) is 0 Å². The number of nitrogens with two attached hydrogens (primary N) is 1. The highest BCUT2D eigenvalue weighted by Gasteiger charge is 2.21. The monoisotopic (exact) mass is 361 g/mol. The highest BCUT2D eigenvalue weighted by atomic mass is 16.4. The molecule has 3 N–H and O–H groups in total. The maximum absolute atomic E-state index is 11.7. The quantitative estimate of drug-likeness (QED) is 0.392. The summed E-state index contributed by atoms with van der Waals surface area (Å²) in [6, 6.07) is 16.5. The topological polar surface area (TPSA) is 93.5 Å². The van der Waals surface area contributed by atoms with Crippen molar-refractivity contribution >= 4 is 22.6 Å². The van der Waals surface area contributed by atoms with Crippen LogP contribution in [0.5, 0.6) is 0 Å². The molecule has 1 aliphatic heterocycles. The van der Waals surface area contributed by atoms with Gasteiger partial charge >= 0.3 is 5.97 Å². The highest BCUT2D eigenvalue weighted by Crippen LogP contribution is 2.41. The average Bonchev–Trinajstić information content (AvgIpc) is 2.67. The SMILES string of the molecule is CC.Nc1ccc2c(-c3ccccc3C(=O)O)c3ccc(=O)cc-3oc2c1. The van der Waals surface area contributed by atoms with Gasteiger partial charge in [-0.05, 0) is 35.9 Å². The van der Waals surface area contributed by atoms with E-state index >= 15 is 0 Å². The molecule has 0 aromatic heterocycles. The molecule has 0 saturated carbocycles. The van der Waals surface area contributed by atoms with Crippen molar-refractivity contribution in [3.05, 3.63) is 76.5 Å². The van der Waals surface area contributed by atoms with Crippen LogP contribution in [0.1, 0.15) is 24.2 Å². The molecule has 5 heteroatoms. The lowest BCUT2D eigenvalue weighted by Gasteiger charge is -2.16. The number of rotatable bonds is 2. The summed E-state index contributed by atoms with van der Waals surface area (Å²) in [4.78, 5) is 23.4. The third-order valence-corrected chi connectivity index (χ3v) is 4.14. The van der Waals surface area contributed by atoms with E-state index in [0.29, 0.717) is 33.7 Å². The number of fused-ring (bicyclic) bond motifs is 2. The third-order valence-electron chi connectivity index (χ3n) is 4.14. The molecule has 1 aliphatic carbocycles. The lowest BCUT2D eigenvalue weighted by atomic mass is 9.91. The first-order valence-corrected chi connectivity index (χ1v) is 8.63. The van der Waals surface area contributed by atoms with E-state index in [1.165, 1.54) is 12.1 Å². The van der Waals surface area contributed by atoms with E-state index in [0.717, 1.165) is 5.39 Å². The van der Waals surface area contributed by atoms with Crippen LogP contribution < -0.4 is 11.2 Å². The predicted molar refractivity (Wildman–Crippen MR) is 107 cm³/mol. The van der Waals surface area contributed by atoms with Crippen molar-refractivity contribution in [1.82, 2.24) is 0 Å². The van der Waals surface area contributed by atoms with E-state index in [1.54, 1.807) is 48.5 Å². The summed E-state index contributed by atoms with van der Waals surface area (Å²) in [5.74, 6) is -0.630.